The van der Waals surface area contributed by atoms with E-state index in [1.807, 2.05) is 0 Å². The van der Waals surface area contributed by atoms with Crippen LogP contribution in [0.4, 0.5) is 0 Å². The number of hydrogen-bond acceptors (Lipinski definition) is 5. The number of nitrogens with zero attached hydrogens (tertiary/aromatic N) is 2. The third-order valence-electron chi connectivity index (χ3n) is 3.08. The van der Waals surface area contributed by atoms with Crippen molar-refractivity contribution in [1.29, 1.82) is 0 Å². The lowest BCUT2D eigenvalue weighted by atomic mass is 10.2. The van der Waals surface area contributed by atoms with Crippen LogP contribution in [0.15, 0.2) is 48.6 Å². The number of rotatable bonds is 7. The van der Waals surface area contributed by atoms with Crippen molar-refractivity contribution in [1.82, 2.24) is 4.90 Å². The lowest BCUT2D eigenvalue weighted by Gasteiger charge is -2.08. The van der Waals surface area contributed by atoms with Gasteiger partial charge in [0, 0.05) is 32.7 Å². The summed E-state index contributed by atoms with van der Waals surface area (Å²) in [4.78, 5) is 36.3. The molecule has 26 heavy (non-hydrogen) atoms. The summed E-state index contributed by atoms with van der Waals surface area (Å²) in [6.07, 6.45) is 4.83. The first-order valence-corrected chi connectivity index (χ1v) is 7.79. The summed E-state index contributed by atoms with van der Waals surface area (Å²) < 4.78 is 11.8. The molecule has 0 fully saturated rings. The van der Waals surface area contributed by atoms with Crippen molar-refractivity contribution in [2.75, 3.05) is 27.9 Å². The van der Waals surface area contributed by atoms with E-state index in [0.717, 1.165) is 0 Å². The lowest BCUT2D eigenvalue weighted by Crippen LogP contribution is -2.22. The lowest BCUT2D eigenvalue weighted by molar-refractivity contribution is -0.528. The Hall–Kier alpha value is -3.22. The van der Waals surface area contributed by atoms with Crippen molar-refractivity contribution in [2.24, 2.45) is 0 Å². The number of likely N-dealkylation sites (N-methyl/N-ethyl adjacent to an activating group) is 1. The third kappa shape index (κ3) is 6.72. The number of para-hydroxylation sites is 1. The molecule has 0 aromatic heterocycles. The topological polar surface area (TPSA) is 75.9 Å². The Labute approximate surface area is 152 Å². The van der Waals surface area contributed by atoms with Gasteiger partial charge in [-0.3, -0.25) is 9.59 Å². The maximum Gasteiger partial charge on any atom is 0.346 e. The molecule has 0 atom stereocenters. The fraction of sp³-hybridized carbons (Fsp3) is 0.263. The van der Waals surface area contributed by atoms with Crippen LogP contribution < -0.4 is 4.74 Å². The summed E-state index contributed by atoms with van der Waals surface area (Å²) in [5, 5.41) is 0. The molecule has 1 aromatic rings. The fourth-order valence-corrected chi connectivity index (χ4v) is 1.82. The molecule has 1 rings (SSSR count). The second-order valence-electron chi connectivity index (χ2n) is 5.64. The Kier molecular flexibility index (Phi) is 7.95. The first-order chi connectivity index (χ1) is 12.2. The van der Waals surface area contributed by atoms with Crippen LogP contribution in [0.2, 0.25) is 0 Å². The van der Waals surface area contributed by atoms with Crippen molar-refractivity contribution in [3.05, 3.63) is 54.1 Å². The number of esters is 2. The Morgan fingerprint density at radius 2 is 1.88 bits per heavy atom. The minimum atomic E-state index is -0.613. The van der Waals surface area contributed by atoms with E-state index in [2.05, 4.69) is 6.58 Å². The van der Waals surface area contributed by atoms with Crippen LogP contribution >= 0.6 is 0 Å². The summed E-state index contributed by atoms with van der Waals surface area (Å²) in [7, 11) is 4.99. The van der Waals surface area contributed by atoms with E-state index < -0.39 is 11.9 Å². The number of benzene rings is 1. The first-order valence-electron chi connectivity index (χ1n) is 7.79. The maximum absolute atomic E-state index is 12.2. The molecule has 138 valence electrons. The smallest absolute Gasteiger partial charge is 0.346 e. The van der Waals surface area contributed by atoms with E-state index in [4.69, 9.17) is 9.47 Å². The second kappa shape index (κ2) is 9.93. The summed E-state index contributed by atoms with van der Waals surface area (Å²) >= 11 is 0. The zero-order chi connectivity index (χ0) is 19.7. The first kappa shape index (κ1) is 20.8. The molecule has 0 bridgehead atoms. The molecule has 0 spiro atoms. The highest BCUT2D eigenvalue weighted by atomic mass is 16.6. The quantitative estimate of drug-likeness (QED) is 0.141. The van der Waals surface area contributed by atoms with E-state index in [9.17, 15) is 14.4 Å². The molecular formula is C19H23N2O5+. The number of allylic oxidation sites excluding steroid dienone is 1. The van der Waals surface area contributed by atoms with Crippen molar-refractivity contribution >= 4 is 24.1 Å². The largest absolute Gasteiger partial charge is 0.426 e. The number of ether oxygens (including phenoxy) is 2. The van der Waals surface area contributed by atoms with Gasteiger partial charge >= 0.3 is 11.9 Å². The summed E-state index contributed by atoms with van der Waals surface area (Å²) in [5.74, 6) is -1.17. The summed E-state index contributed by atoms with van der Waals surface area (Å²) in [6.45, 7) is 4.91. The van der Waals surface area contributed by atoms with Crippen LogP contribution in [-0.2, 0) is 14.3 Å². The van der Waals surface area contributed by atoms with E-state index in [0.29, 0.717) is 5.57 Å². The van der Waals surface area contributed by atoms with Crippen LogP contribution in [0, 0.1) is 0 Å². The third-order valence-corrected chi connectivity index (χ3v) is 3.08. The molecular weight excluding hydrogens is 336 g/mol. The predicted molar refractivity (Wildman–Crippen MR) is 97.3 cm³/mol. The van der Waals surface area contributed by atoms with Gasteiger partial charge in [-0.05, 0) is 18.2 Å². The van der Waals surface area contributed by atoms with Gasteiger partial charge in [0.1, 0.15) is 18.4 Å². The fourth-order valence-electron chi connectivity index (χ4n) is 1.82. The minimum absolute atomic E-state index is 0.0221. The summed E-state index contributed by atoms with van der Waals surface area (Å²) in [5.41, 5.74) is 0.503. The maximum atomic E-state index is 12.2. The molecule has 0 N–H and O–H groups in total. The standard InChI is InChI=1S/C19H23N2O5/c1-14(18(23)20(3)4)9-8-12-21(5)13-25-19(24)16-10-6-7-11-17(16)26-15(2)22/h6-12H,1,13H2,2-5H3/q+1/b9-8-,21-12-. The number of amides is 1. The van der Waals surface area contributed by atoms with Crippen molar-refractivity contribution < 1.29 is 28.4 Å². The predicted octanol–water partition coefficient (Wildman–Crippen LogP) is 1.64. The van der Waals surface area contributed by atoms with Crippen LogP contribution in [0.1, 0.15) is 17.3 Å². The molecule has 0 saturated heterocycles. The zero-order valence-electron chi connectivity index (χ0n) is 15.4. The van der Waals surface area contributed by atoms with E-state index in [1.54, 1.807) is 56.2 Å². The highest BCUT2D eigenvalue weighted by Gasteiger charge is 2.16. The van der Waals surface area contributed by atoms with Crippen LogP contribution in [-0.4, -0.2) is 61.4 Å². The summed E-state index contributed by atoms with van der Waals surface area (Å²) in [6, 6.07) is 6.34. The van der Waals surface area contributed by atoms with Gasteiger partial charge in [0.2, 0.25) is 0 Å². The second-order valence-corrected chi connectivity index (χ2v) is 5.64. The molecule has 0 radical (unpaired) electrons. The van der Waals surface area contributed by atoms with Crippen LogP contribution in [0.3, 0.4) is 0 Å². The van der Waals surface area contributed by atoms with Crippen molar-refractivity contribution in [2.45, 2.75) is 6.92 Å². The Balaban J connectivity index is 2.66. The SMILES string of the molecule is C=C(/C=C\C=[N+](\C)COC(=O)c1ccccc1OC(C)=O)C(=O)N(C)C. The van der Waals surface area contributed by atoms with Gasteiger partial charge in [0.05, 0.1) is 0 Å². The van der Waals surface area contributed by atoms with E-state index in [-0.39, 0.29) is 24.0 Å². The molecule has 0 aliphatic rings. The molecule has 0 unspecified atom stereocenters. The minimum Gasteiger partial charge on any atom is -0.426 e. The average Bonchev–Trinajstić information content (AvgIpc) is 2.58. The number of carbonyl (C=O) groups is 3. The molecule has 1 aromatic carbocycles. The van der Waals surface area contributed by atoms with Gasteiger partial charge in [-0.25, -0.2) is 9.37 Å². The van der Waals surface area contributed by atoms with Gasteiger partial charge < -0.3 is 14.4 Å². The normalized spacial score (nSPS) is 11.2. The van der Waals surface area contributed by atoms with Gasteiger partial charge in [-0.15, -0.1) is 0 Å². The highest BCUT2D eigenvalue weighted by molar-refractivity contribution is 5.96. The molecule has 7 nitrogen and oxygen atoms in total. The number of hydrogen-bond donors (Lipinski definition) is 0. The molecule has 1 amide bonds. The van der Waals surface area contributed by atoms with Crippen molar-refractivity contribution in [3.8, 4) is 5.75 Å². The average molecular weight is 359 g/mol. The molecule has 0 saturated carbocycles. The molecule has 0 aliphatic carbocycles. The monoisotopic (exact) mass is 359 g/mol. The van der Waals surface area contributed by atoms with E-state index >= 15 is 0 Å². The van der Waals surface area contributed by atoms with Gasteiger partial charge in [0.25, 0.3) is 12.6 Å². The van der Waals surface area contributed by atoms with Crippen molar-refractivity contribution in [3.63, 3.8) is 0 Å². The Bertz CT molecular complexity index is 763. The van der Waals surface area contributed by atoms with Gasteiger partial charge in [-0.1, -0.05) is 18.7 Å². The van der Waals surface area contributed by atoms with Crippen LogP contribution in [0.5, 0.6) is 5.75 Å². The van der Waals surface area contributed by atoms with E-state index in [1.165, 1.54) is 24.0 Å². The Morgan fingerprint density at radius 1 is 1.23 bits per heavy atom. The number of carbonyl (C=O) groups excluding carboxylic acids is 3. The highest BCUT2D eigenvalue weighted by Crippen LogP contribution is 2.19. The Morgan fingerprint density at radius 3 is 2.50 bits per heavy atom. The van der Waals surface area contributed by atoms with Crippen LogP contribution in [0.25, 0.3) is 0 Å². The zero-order valence-corrected chi connectivity index (χ0v) is 15.4. The molecule has 7 heteroatoms. The van der Waals surface area contributed by atoms with Gasteiger partial charge in [0.15, 0.2) is 6.21 Å². The molecule has 0 aliphatic heterocycles. The van der Waals surface area contributed by atoms with Gasteiger partial charge in [-0.2, -0.15) is 0 Å². The molecule has 0 heterocycles.